The van der Waals surface area contributed by atoms with Crippen molar-refractivity contribution < 1.29 is 23.4 Å². The maximum Gasteiger partial charge on any atom is 0.182 e. The molecule has 0 aliphatic heterocycles. The highest BCUT2D eigenvalue weighted by Crippen LogP contribution is 2.41. The summed E-state index contributed by atoms with van der Waals surface area (Å²) >= 11 is 0. The second-order valence-corrected chi connectivity index (χ2v) is 8.07. The highest BCUT2D eigenvalue weighted by Gasteiger charge is 2.36. The van der Waals surface area contributed by atoms with Gasteiger partial charge >= 0.3 is 0 Å². The molecule has 4 rings (SSSR count). The maximum absolute atomic E-state index is 13.9. The zero-order chi connectivity index (χ0) is 21.3. The Morgan fingerprint density at radius 2 is 1.90 bits per heavy atom. The van der Waals surface area contributed by atoms with E-state index >= 15 is 0 Å². The van der Waals surface area contributed by atoms with Crippen molar-refractivity contribution in [1.82, 2.24) is 9.38 Å². The summed E-state index contributed by atoms with van der Waals surface area (Å²) in [6.07, 6.45) is 5.71. The van der Waals surface area contributed by atoms with E-state index in [9.17, 15) is 18.7 Å². The highest BCUT2D eigenvalue weighted by molar-refractivity contribution is 5.97. The van der Waals surface area contributed by atoms with Crippen LogP contribution in [0.4, 0.5) is 8.78 Å². The van der Waals surface area contributed by atoms with Crippen LogP contribution in [0, 0.1) is 24.0 Å². The molecular weight excluding hydrogens is 390 g/mol. The molecule has 0 saturated heterocycles. The molecule has 0 bridgehead atoms. The van der Waals surface area contributed by atoms with Crippen LogP contribution < -0.4 is 4.74 Å². The summed E-state index contributed by atoms with van der Waals surface area (Å²) in [6, 6.07) is 7.02. The number of ketones is 1. The topological polar surface area (TPSA) is 63.8 Å². The first-order valence-electron chi connectivity index (χ1n) is 10.1. The molecule has 1 aliphatic carbocycles. The van der Waals surface area contributed by atoms with Crippen molar-refractivity contribution in [3.8, 4) is 5.75 Å². The number of nitrogens with zero attached hydrogens (tertiary/aromatic N) is 2. The highest BCUT2D eigenvalue weighted by atomic mass is 19.1. The van der Waals surface area contributed by atoms with Crippen molar-refractivity contribution in [2.24, 2.45) is 5.41 Å². The number of imidazole rings is 1. The largest absolute Gasteiger partial charge is 0.485 e. The van der Waals surface area contributed by atoms with Crippen LogP contribution in [-0.4, -0.2) is 26.9 Å². The summed E-state index contributed by atoms with van der Waals surface area (Å²) in [5, 5.41) is 9.86. The summed E-state index contributed by atoms with van der Waals surface area (Å²) in [5.41, 5.74) is 0.903. The standard InChI is InChI=1S/C23H24F2N2O3/c1-15-21(19(29)12-23(14-28)9-2-3-10-23)27-11-5-8-20(22(27)26-15)30-13-16-17(24)6-4-7-18(16)25/h4-8,11,28H,2-3,9-10,12-14H2,1H3. The number of Topliss-reactive ketones (excluding diaryl/α,β-unsaturated/α-hetero) is 1. The van der Waals surface area contributed by atoms with Gasteiger partial charge < -0.3 is 9.84 Å². The number of ether oxygens (including phenoxy) is 1. The van der Waals surface area contributed by atoms with E-state index in [1.165, 1.54) is 18.2 Å². The molecule has 1 N–H and O–H groups in total. The lowest BCUT2D eigenvalue weighted by Crippen LogP contribution is -2.26. The average molecular weight is 414 g/mol. The monoisotopic (exact) mass is 414 g/mol. The lowest BCUT2D eigenvalue weighted by Gasteiger charge is -2.25. The number of rotatable bonds is 7. The molecule has 1 aliphatic rings. The number of aliphatic hydroxyl groups excluding tert-OH is 1. The Balaban J connectivity index is 1.63. The molecule has 5 nitrogen and oxygen atoms in total. The van der Waals surface area contributed by atoms with Gasteiger partial charge in [-0.2, -0.15) is 0 Å². The van der Waals surface area contributed by atoms with E-state index in [0.29, 0.717) is 22.8 Å². The first-order valence-corrected chi connectivity index (χ1v) is 10.1. The predicted molar refractivity (Wildman–Crippen MR) is 108 cm³/mol. The number of benzene rings is 1. The molecule has 1 saturated carbocycles. The van der Waals surface area contributed by atoms with Gasteiger partial charge in [0.2, 0.25) is 0 Å². The molecule has 0 atom stereocenters. The predicted octanol–water partition coefficient (Wildman–Crippen LogP) is 4.63. The number of aromatic nitrogens is 2. The minimum atomic E-state index is -0.678. The van der Waals surface area contributed by atoms with Crippen LogP contribution in [0.2, 0.25) is 0 Å². The van der Waals surface area contributed by atoms with Crippen molar-refractivity contribution >= 4 is 11.4 Å². The third-order valence-corrected chi connectivity index (χ3v) is 6.02. The number of carbonyl (C=O) groups excluding carboxylic acids is 1. The van der Waals surface area contributed by atoms with E-state index in [1.54, 1.807) is 29.7 Å². The second kappa shape index (κ2) is 8.14. The molecule has 0 spiro atoms. The number of pyridine rings is 1. The summed E-state index contributed by atoms with van der Waals surface area (Å²) in [5.74, 6) is -1.10. The van der Waals surface area contributed by atoms with Gasteiger partial charge in [-0.3, -0.25) is 9.20 Å². The number of aryl methyl sites for hydroxylation is 1. The molecule has 0 unspecified atom stereocenters. The Labute approximate surface area is 173 Å². The van der Waals surface area contributed by atoms with E-state index < -0.39 is 11.6 Å². The lowest BCUT2D eigenvalue weighted by molar-refractivity contribution is 0.0787. The third kappa shape index (κ3) is 3.69. The van der Waals surface area contributed by atoms with Crippen LogP contribution in [0.3, 0.4) is 0 Å². The van der Waals surface area contributed by atoms with Gasteiger partial charge in [0.1, 0.15) is 23.9 Å². The zero-order valence-corrected chi connectivity index (χ0v) is 16.8. The van der Waals surface area contributed by atoms with Crippen LogP contribution in [0.15, 0.2) is 36.5 Å². The van der Waals surface area contributed by atoms with Crippen molar-refractivity contribution in [1.29, 1.82) is 0 Å². The first-order chi connectivity index (χ1) is 14.4. The van der Waals surface area contributed by atoms with Gasteiger partial charge in [-0.05, 0) is 44.0 Å². The molecule has 30 heavy (non-hydrogen) atoms. The van der Waals surface area contributed by atoms with Crippen molar-refractivity contribution in [3.63, 3.8) is 0 Å². The number of hydrogen-bond acceptors (Lipinski definition) is 4. The van der Waals surface area contributed by atoms with Crippen LogP contribution in [-0.2, 0) is 6.61 Å². The fourth-order valence-electron chi connectivity index (χ4n) is 4.36. The van der Waals surface area contributed by atoms with Gasteiger partial charge in [0.25, 0.3) is 0 Å². The molecule has 0 amide bonds. The third-order valence-electron chi connectivity index (χ3n) is 6.02. The van der Waals surface area contributed by atoms with Crippen LogP contribution in [0.25, 0.3) is 5.65 Å². The SMILES string of the molecule is Cc1nc2c(OCc3c(F)cccc3F)cccn2c1C(=O)CC1(CO)CCCC1. The number of hydrogen-bond donors (Lipinski definition) is 1. The van der Waals surface area contributed by atoms with Crippen molar-refractivity contribution in [2.45, 2.75) is 45.6 Å². The first kappa shape index (κ1) is 20.5. The van der Waals surface area contributed by atoms with Gasteiger partial charge in [0, 0.05) is 24.6 Å². The normalized spacial score (nSPS) is 15.6. The molecular formula is C23H24F2N2O3. The Morgan fingerprint density at radius 3 is 2.57 bits per heavy atom. The lowest BCUT2D eigenvalue weighted by atomic mass is 9.81. The zero-order valence-electron chi connectivity index (χ0n) is 16.8. The molecule has 7 heteroatoms. The van der Waals surface area contributed by atoms with Gasteiger partial charge in [-0.25, -0.2) is 13.8 Å². The van der Waals surface area contributed by atoms with Crippen LogP contribution in [0.1, 0.15) is 53.8 Å². The number of carbonyl (C=O) groups is 1. The smallest absolute Gasteiger partial charge is 0.182 e. The van der Waals surface area contributed by atoms with Gasteiger partial charge in [0.15, 0.2) is 17.2 Å². The fourth-order valence-corrected chi connectivity index (χ4v) is 4.36. The molecule has 0 radical (unpaired) electrons. The quantitative estimate of drug-likeness (QED) is 0.573. The molecule has 2 heterocycles. The summed E-state index contributed by atoms with van der Waals surface area (Å²) in [6.45, 7) is 1.46. The minimum Gasteiger partial charge on any atom is -0.485 e. The van der Waals surface area contributed by atoms with Gasteiger partial charge in [-0.15, -0.1) is 0 Å². The Hall–Kier alpha value is -2.80. The number of aliphatic hydroxyl groups is 1. The van der Waals surface area contributed by atoms with E-state index in [4.69, 9.17) is 4.74 Å². The van der Waals surface area contributed by atoms with Crippen molar-refractivity contribution in [3.05, 3.63) is 65.1 Å². The van der Waals surface area contributed by atoms with E-state index in [0.717, 1.165) is 25.7 Å². The van der Waals surface area contributed by atoms with Gasteiger partial charge in [0.05, 0.1) is 11.3 Å². The summed E-state index contributed by atoms with van der Waals surface area (Å²) in [4.78, 5) is 17.6. The number of halogens is 2. The minimum absolute atomic E-state index is 0.00289. The van der Waals surface area contributed by atoms with E-state index in [-0.39, 0.29) is 36.4 Å². The molecule has 2 aromatic heterocycles. The van der Waals surface area contributed by atoms with E-state index in [2.05, 4.69) is 4.98 Å². The molecule has 1 fully saturated rings. The van der Waals surface area contributed by atoms with E-state index in [1.807, 2.05) is 0 Å². The Morgan fingerprint density at radius 1 is 1.20 bits per heavy atom. The number of fused-ring (bicyclic) bond motifs is 1. The summed E-state index contributed by atoms with van der Waals surface area (Å²) < 4.78 is 35.1. The Kier molecular flexibility index (Phi) is 5.56. The summed E-state index contributed by atoms with van der Waals surface area (Å²) in [7, 11) is 0. The Bertz CT molecular complexity index is 1070. The van der Waals surface area contributed by atoms with Crippen molar-refractivity contribution in [2.75, 3.05) is 6.61 Å². The molecule has 158 valence electrons. The molecule has 1 aromatic carbocycles. The second-order valence-electron chi connectivity index (χ2n) is 8.07. The van der Waals surface area contributed by atoms with Crippen LogP contribution in [0.5, 0.6) is 5.75 Å². The van der Waals surface area contributed by atoms with Crippen LogP contribution >= 0.6 is 0 Å². The fraction of sp³-hybridized carbons (Fsp3) is 0.391. The van der Waals surface area contributed by atoms with Gasteiger partial charge in [-0.1, -0.05) is 18.9 Å². The average Bonchev–Trinajstić information content (AvgIpc) is 3.32. The molecule has 3 aromatic rings. The maximum atomic E-state index is 13.9.